The molecule has 4 unspecified atom stereocenters. The Hall–Kier alpha value is -1.94. The molecule has 552 valence electrons. The average Bonchev–Trinajstić information content (AvgIpc) is 2.81. The van der Waals surface area contributed by atoms with Gasteiger partial charge in [0.25, 0.3) is 0 Å². The number of aliphatic hydroxyl groups excluding tert-OH is 1. The molecule has 0 aromatic heterocycles. The van der Waals surface area contributed by atoms with Crippen molar-refractivity contribution in [3.8, 4) is 0 Å². The molecule has 0 aliphatic carbocycles. The van der Waals surface area contributed by atoms with Gasteiger partial charge in [0.1, 0.15) is 19.3 Å². The van der Waals surface area contributed by atoms with Crippen molar-refractivity contribution in [2.24, 2.45) is 17.8 Å². The molecule has 0 rings (SSSR count). The van der Waals surface area contributed by atoms with Gasteiger partial charge in [0.2, 0.25) is 0 Å². The average molecular weight is 1370 g/mol. The second-order valence-corrected chi connectivity index (χ2v) is 30.6. The third-order valence-electron chi connectivity index (χ3n) is 17.9. The van der Waals surface area contributed by atoms with Gasteiger partial charge in [0.05, 0.1) is 26.4 Å². The highest BCUT2D eigenvalue weighted by Gasteiger charge is 2.30. The number of hydrogen-bond donors (Lipinski definition) is 3. The lowest BCUT2D eigenvalue weighted by Gasteiger charge is -2.21. The highest BCUT2D eigenvalue weighted by atomic mass is 31.2. The fourth-order valence-corrected chi connectivity index (χ4v) is 12.8. The summed E-state index contributed by atoms with van der Waals surface area (Å²) in [4.78, 5) is 72.6. The Morgan fingerprint density at radius 1 is 0.312 bits per heavy atom. The van der Waals surface area contributed by atoms with E-state index in [1.54, 1.807) is 0 Å². The second-order valence-electron chi connectivity index (χ2n) is 27.6. The fraction of sp³-hybridized carbons (Fsp3) is 0.946. The van der Waals surface area contributed by atoms with E-state index in [0.29, 0.717) is 31.6 Å². The molecule has 0 heterocycles. The minimum absolute atomic E-state index is 0.102. The number of aliphatic hydroxyl groups is 1. The van der Waals surface area contributed by atoms with Crippen molar-refractivity contribution in [2.45, 2.75) is 394 Å². The van der Waals surface area contributed by atoms with Gasteiger partial charge in [-0.2, -0.15) is 0 Å². The lowest BCUT2D eigenvalue weighted by atomic mass is 9.99. The number of unbranched alkanes of at least 4 members (excludes halogenated alkanes) is 38. The number of rotatable bonds is 72. The quantitative estimate of drug-likeness (QED) is 0.0222. The Morgan fingerprint density at radius 2 is 0.548 bits per heavy atom. The first-order valence-corrected chi connectivity index (χ1v) is 41.4. The van der Waals surface area contributed by atoms with Crippen molar-refractivity contribution in [1.29, 1.82) is 0 Å². The van der Waals surface area contributed by atoms with Gasteiger partial charge in [-0.3, -0.25) is 37.3 Å². The third kappa shape index (κ3) is 65.8. The van der Waals surface area contributed by atoms with Crippen molar-refractivity contribution in [3.63, 3.8) is 0 Å². The van der Waals surface area contributed by atoms with Crippen LogP contribution in [0, 0.1) is 17.8 Å². The Labute approximate surface area is 568 Å². The molecule has 0 aromatic rings. The molecular weight excluding hydrogens is 1220 g/mol. The summed E-state index contributed by atoms with van der Waals surface area (Å²) >= 11 is 0. The zero-order chi connectivity index (χ0) is 68.7. The molecule has 17 nitrogen and oxygen atoms in total. The molecule has 0 spiro atoms. The summed E-state index contributed by atoms with van der Waals surface area (Å²) in [6.45, 7) is 11.8. The van der Waals surface area contributed by atoms with Gasteiger partial charge in [-0.15, -0.1) is 0 Å². The van der Waals surface area contributed by atoms with Crippen LogP contribution in [-0.2, 0) is 65.4 Å². The number of phosphoric acid groups is 2. The van der Waals surface area contributed by atoms with E-state index < -0.39 is 97.5 Å². The molecule has 0 aromatic carbocycles. The SMILES string of the molecule is CCCCCCCCCCCCCCCCCCCCCCC(=O)O[C@H](COC(=O)CCCCCCCCCCCCC(C)CC)COP(=O)(O)OC[C@@H](O)COP(=O)(O)OC[C@@H](COC(=O)CCCCCCCCC(C)C)OC(=O)CCCCCCCCC(C)CC. The van der Waals surface area contributed by atoms with Gasteiger partial charge in [0.15, 0.2) is 12.2 Å². The van der Waals surface area contributed by atoms with Crippen LogP contribution in [0.4, 0.5) is 0 Å². The van der Waals surface area contributed by atoms with Crippen LogP contribution in [0.1, 0.15) is 376 Å². The molecule has 0 radical (unpaired) electrons. The molecule has 3 N–H and O–H groups in total. The molecule has 0 fully saturated rings. The first-order chi connectivity index (χ1) is 44.8. The van der Waals surface area contributed by atoms with Crippen molar-refractivity contribution < 1.29 is 80.2 Å². The lowest BCUT2D eigenvalue weighted by molar-refractivity contribution is -0.161. The molecule has 93 heavy (non-hydrogen) atoms. The van der Waals surface area contributed by atoms with E-state index >= 15 is 0 Å². The van der Waals surface area contributed by atoms with Crippen LogP contribution in [0.5, 0.6) is 0 Å². The minimum atomic E-state index is -4.96. The van der Waals surface area contributed by atoms with Crippen LogP contribution in [-0.4, -0.2) is 96.7 Å². The summed E-state index contributed by atoms with van der Waals surface area (Å²) in [7, 11) is -9.91. The van der Waals surface area contributed by atoms with Gasteiger partial charge in [-0.1, -0.05) is 325 Å². The van der Waals surface area contributed by atoms with Gasteiger partial charge in [-0.05, 0) is 43.4 Å². The second kappa shape index (κ2) is 64.7. The number of esters is 4. The van der Waals surface area contributed by atoms with Gasteiger partial charge < -0.3 is 33.8 Å². The standard InChI is InChI=1S/C74H144O17P2/c1-8-11-12-13-14-15-16-17-18-19-20-21-22-23-24-25-30-33-43-50-57-73(78)90-69(61-84-71(76)55-48-41-32-29-27-26-28-31-39-46-53-66(6)9-2)63-88-92(80,81)86-59-68(75)60-87-93(82,83)89-64-70(62-85-72(77)56-49-42-36-34-38-45-52-65(4)5)91-74(79)58-51-44-37-35-40-47-54-67(7)10-3/h65-70,75H,8-64H2,1-7H3,(H,80,81)(H,82,83)/t66?,67?,68-,69-,70-/m1/s1. The van der Waals surface area contributed by atoms with Gasteiger partial charge in [-0.25, -0.2) is 9.13 Å². The molecule has 0 amide bonds. The summed E-state index contributed by atoms with van der Waals surface area (Å²) < 4.78 is 68.4. The summed E-state index contributed by atoms with van der Waals surface area (Å²) in [6.07, 6.45) is 50.2. The van der Waals surface area contributed by atoms with Crippen LogP contribution in [0.3, 0.4) is 0 Å². The summed E-state index contributed by atoms with van der Waals surface area (Å²) in [5, 5.41) is 10.6. The van der Waals surface area contributed by atoms with Crippen molar-refractivity contribution in [1.82, 2.24) is 0 Å². The van der Waals surface area contributed by atoms with E-state index in [2.05, 4.69) is 48.5 Å². The number of phosphoric ester groups is 2. The monoisotopic (exact) mass is 1370 g/mol. The molecular formula is C74H144O17P2. The maximum atomic E-state index is 13.1. The van der Waals surface area contributed by atoms with Gasteiger partial charge >= 0.3 is 39.5 Å². The summed E-state index contributed by atoms with van der Waals surface area (Å²) in [5.74, 6) is 0.0821. The van der Waals surface area contributed by atoms with Crippen molar-refractivity contribution in [2.75, 3.05) is 39.6 Å². The largest absolute Gasteiger partial charge is 0.472 e. The highest BCUT2D eigenvalue weighted by molar-refractivity contribution is 7.47. The van der Waals surface area contributed by atoms with Crippen molar-refractivity contribution >= 4 is 39.5 Å². The van der Waals surface area contributed by atoms with Crippen LogP contribution >= 0.6 is 15.6 Å². The van der Waals surface area contributed by atoms with Crippen molar-refractivity contribution in [3.05, 3.63) is 0 Å². The maximum absolute atomic E-state index is 13.1. The number of hydrogen-bond acceptors (Lipinski definition) is 15. The minimum Gasteiger partial charge on any atom is -0.462 e. The van der Waals surface area contributed by atoms with E-state index in [9.17, 15) is 43.2 Å². The highest BCUT2D eigenvalue weighted by Crippen LogP contribution is 2.45. The van der Waals surface area contributed by atoms with E-state index in [-0.39, 0.29) is 25.7 Å². The fourth-order valence-electron chi connectivity index (χ4n) is 11.2. The molecule has 19 heteroatoms. The number of carbonyl (C=O) groups is 4. The number of ether oxygens (including phenoxy) is 4. The van der Waals surface area contributed by atoms with E-state index in [4.69, 9.17) is 37.0 Å². The van der Waals surface area contributed by atoms with E-state index in [1.807, 2.05) is 0 Å². The zero-order valence-electron chi connectivity index (χ0n) is 60.7. The third-order valence-corrected chi connectivity index (χ3v) is 19.8. The lowest BCUT2D eigenvalue weighted by Crippen LogP contribution is -2.30. The molecule has 0 saturated heterocycles. The van der Waals surface area contributed by atoms with Crippen LogP contribution in [0.15, 0.2) is 0 Å². The predicted octanol–water partition coefficient (Wildman–Crippen LogP) is 21.4. The predicted molar refractivity (Wildman–Crippen MR) is 377 cm³/mol. The normalized spacial score (nSPS) is 14.7. The molecule has 0 aliphatic rings. The van der Waals surface area contributed by atoms with Crippen LogP contribution < -0.4 is 0 Å². The van der Waals surface area contributed by atoms with Gasteiger partial charge in [0, 0.05) is 25.7 Å². The van der Waals surface area contributed by atoms with Crippen LogP contribution in [0.2, 0.25) is 0 Å². The smallest absolute Gasteiger partial charge is 0.462 e. The molecule has 7 atom stereocenters. The Bertz CT molecular complexity index is 1820. The molecule has 0 saturated carbocycles. The Morgan fingerprint density at radius 3 is 0.817 bits per heavy atom. The maximum Gasteiger partial charge on any atom is 0.472 e. The Balaban J connectivity index is 5.21. The van der Waals surface area contributed by atoms with Crippen LogP contribution in [0.25, 0.3) is 0 Å². The topological polar surface area (TPSA) is 237 Å². The summed E-state index contributed by atoms with van der Waals surface area (Å²) in [5.41, 5.74) is 0. The Kier molecular flexibility index (Phi) is 63.4. The summed E-state index contributed by atoms with van der Waals surface area (Å²) in [6, 6.07) is 0. The molecule has 0 aliphatic heterocycles. The number of carbonyl (C=O) groups excluding carboxylic acids is 4. The first-order valence-electron chi connectivity index (χ1n) is 38.4. The van der Waals surface area contributed by atoms with E-state index in [0.717, 1.165) is 108 Å². The first kappa shape index (κ1) is 91.1. The molecule has 0 bridgehead atoms. The van der Waals surface area contributed by atoms with E-state index in [1.165, 1.54) is 180 Å². The zero-order valence-corrected chi connectivity index (χ0v) is 62.5.